The number of amides is 1. The summed E-state index contributed by atoms with van der Waals surface area (Å²) >= 11 is 0. The van der Waals surface area contributed by atoms with Crippen LogP contribution in [-0.2, 0) is 4.79 Å². The molecular weight excluding hydrogens is 200 g/mol. The van der Waals surface area contributed by atoms with Gasteiger partial charge in [0, 0.05) is 39.0 Å². The summed E-state index contributed by atoms with van der Waals surface area (Å²) in [6, 6.07) is 10.0. The maximum atomic E-state index is 11.8. The SMILES string of the molecule is CN1CCN(C)C(c2ccccc2)=CC1=O. The van der Waals surface area contributed by atoms with Gasteiger partial charge in [-0.3, -0.25) is 4.79 Å². The van der Waals surface area contributed by atoms with Gasteiger partial charge in [0.15, 0.2) is 0 Å². The highest BCUT2D eigenvalue weighted by Crippen LogP contribution is 2.19. The van der Waals surface area contributed by atoms with Crippen molar-refractivity contribution in [1.29, 1.82) is 0 Å². The van der Waals surface area contributed by atoms with Crippen LogP contribution < -0.4 is 0 Å². The Labute approximate surface area is 96.0 Å². The van der Waals surface area contributed by atoms with Gasteiger partial charge in [0.25, 0.3) is 0 Å². The number of likely N-dealkylation sites (N-methyl/N-ethyl adjacent to an activating group) is 2. The van der Waals surface area contributed by atoms with Crippen molar-refractivity contribution in [2.75, 3.05) is 27.2 Å². The molecule has 3 heteroatoms. The predicted octanol–water partition coefficient (Wildman–Crippen LogP) is 1.43. The molecule has 1 aliphatic heterocycles. The van der Waals surface area contributed by atoms with E-state index in [0.29, 0.717) is 0 Å². The molecule has 1 aromatic carbocycles. The van der Waals surface area contributed by atoms with Gasteiger partial charge in [0.05, 0.1) is 0 Å². The van der Waals surface area contributed by atoms with Crippen LogP contribution >= 0.6 is 0 Å². The maximum Gasteiger partial charge on any atom is 0.248 e. The molecule has 1 amide bonds. The molecule has 0 N–H and O–H groups in total. The molecule has 2 rings (SSSR count). The van der Waals surface area contributed by atoms with Crippen molar-refractivity contribution in [3.63, 3.8) is 0 Å². The quantitative estimate of drug-likeness (QED) is 0.709. The van der Waals surface area contributed by atoms with E-state index in [-0.39, 0.29) is 5.91 Å². The molecule has 84 valence electrons. The molecule has 0 aliphatic carbocycles. The maximum absolute atomic E-state index is 11.8. The lowest BCUT2D eigenvalue weighted by Gasteiger charge is -2.21. The van der Waals surface area contributed by atoms with Crippen LogP contribution in [-0.4, -0.2) is 42.9 Å². The van der Waals surface area contributed by atoms with Crippen LogP contribution in [0.3, 0.4) is 0 Å². The van der Waals surface area contributed by atoms with E-state index in [1.165, 1.54) is 0 Å². The summed E-state index contributed by atoms with van der Waals surface area (Å²) in [6.45, 7) is 1.63. The number of nitrogens with zero attached hydrogens (tertiary/aromatic N) is 2. The van der Waals surface area contributed by atoms with Crippen molar-refractivity contribution in [2.45, 2.75) is 0 Å². The van der Waals surface area contributed by atoms with Crippen molar-refractivity contribution >= 4 is 11.6 Å². The van der Waals surface area contributed by atoms with Crippen molar-refractivity contribution in [3.05, 3.63) is 42.0 Å². The fourth-order valence-corrected chi connectivity index (χ4v) is 1.78. The molecule has 0 aromatic heterocycles. The van der Waals surface area contributed by atoms with Gasteiger partial charge < -0.3 is 9.80 Å². The average molecular weight is 216 g/mol. The van der Waals surface area contributed by atoms with Crippen molar-refractivity contribution in [3.8, 4) is 0 Å². The monoisotopic (exact) mass is 216 g/mol. The third-order valence-corrected chi connectivity index (χ3v) is 2.89. The van der Waals surface area contributed by atoms with E-state index in [1.807, 2.05) is 44.4 Å². The van der Waals surface area contributed by atoms with Crippen LogP contribution in [0.5, 0.6) is 0 Å². The summed E-state index contributed by atoms with van der Waals surface area (Å²) in [6.07, 6.45) is 1.71. The Balaban J connectivity index is 2.37. The number of carbonyl (C=O) groups excluding carboxylic acids is 1. The van der Waals surface area contributed by atoms with Crippen LogP contribution in [0.4, 0.5) is 0 Å². The Morgan fingerprint density at radius 3 is 2.31 bits per heavy atom. The van der Waals surface area contributed by atoms with E-state index in [4.69, 9.17) is 0 Å². The lowest BCUT2D eigenvalue weighted by molar-refractivity contribution is -0.124. The first-order valence-electron chi connectivity index (χ1n) is 5.42. The summed E-state index contributed by atoms with van der Waals surface area (Å²) in [5.41, 5.74) is 2.09. The molecule has 3 nitrogen and oxygen atoms in total. The summed E-state index contributed by atoms with van der Waals surface area (Å²) < 4.78 is 0. The standard InChI is InChI=1S/C13H16N2O/c1-14-8-9-15(2)13(16)10-12(14)11-6-4-3-5-7-11/h3-7,10H,8-9H2,1-2H3. The summed E-state index contributed by atoms with van der Waals surface area (Å²) in [7, 11) is 3.85. The topological polar surface area (TPSA) is 23.6 Å². The number of rotatable bonds is 1. The first-order chi connectivity index (χ1) is 7.68. The summed E-state index contributed by atoms with van der Waals surface area (Å²) in [5.74, 6) is 0.0724. The Bertz CT molecular complexity index is 411. The van der Waals surface area contributed by atoms with Crippen LogP contribution in [0.15, 0.2) is 36.4 Å². The first-order valence-corrected chi connectivity index (χ1v) is 5.42. The fourth-order valence-electron chi connectivity index (χ4n) is 1.78. The largest absolute Gasteiger partial charge is 0.372 e. The zero-order valence-electron chi connectivity index (χ0n) is 9.68. The number of carbonyl (C=O) groups is 1. The van der Waals surface area contributed by atoms with Crippen molar-refractivity contribution < 1.29 is 4.79 Å². The van der Waals surface area contributed by atoms with E-state index in [0.717, 1.165) is 24.4 Å². The Hall–Kier alpha value is -1.77. The minimum absolute atomic E-state index is 0.0724. The highest BCUT2D eigenvalue weighted by Gasteiger charge is 2.17. The first kappa shape index (κ1) is 10.7. The second-order valence-corrected chi connectivity index (χ2v) is 4.08. The van der Waals surface area contributed by atoms with Gasteiger partial charge in [-0.1, -0.05) is 30.3 Å². The van der Waals surface area contributed by atoms with Crippen molar-refractivity contribution in [1.82, 2.24) is 9.80 Å². The fraction of sp³-hybridized carbons (Fsp3) is 0.308. The molecule has 1 heterocycles. The Kier molecular flexibility index (Phi) is 2.95. The molecule has 0 unspecified atom stereocenters. The third-order valence-electron chi connectivity index (χ3n) is 2.89. The highest BCUT2D eigenvalue weighted by molar-refractivity contribution is 5.95. The van der Waals surface area contributed by atoms with E-state index in [9.17, 15) is 4.79 Å². The molecular formula is C13H16N2O. The van der Waals surface area contributed by atoms with Gasteiger partial charge in [0.2, 0.25) is 5.91 Å². The number of hydrogen-bond donors (Lipinski definition) is 0. The number of benzene rings is 1. The van der Waals surface area contributed by atoms with Crippen LogP contribution in [0.1, 0.15) is 5.56 Å². The van der Waals surface area contributed by atoms with Crippen LogP contribution in [0.25, 0.3) is 5.70 Å². The molecule has 0 bridgehead atoms. The molecule has 1 aromatic rings. The molecule has 0 spiro atoms. The van der Waals surface area contributed by atoms with E-state index in [2.05, 4.69) is 4.90 Å². The van der Waals surface area contributed by atoms with E-state index in [1.54, 1.807) is 11.0 Å². The normalized spacial score (nSPS) is 17.1. The molecule has 0 saturated heterocycles. The van der Waals surface area contributed by atoms with Gasteiger partial charge >= 0.3 is 0 Å². The number of hydrogen-bond acceptors (Lipinski definition) is 2. The third kappa shape index (κ3) is 2.08. The second-order valence-electron chi connectivity index (χ2n) is 4.08. The minimum Gasteiger partial charge on any atom is -0.372 e. The van der Waals surface area contributed by atoms with Gasteiger partial charge in [-0.2, -0.15) is 0 Å². The predicted molar refractivity (Wildman–Crippen MR) is 64.7 cm³/mol. The second kappa shape index (κ2) is 4.39. The molecule has 0 saturated carbocycles. The highest BCUT2D eigenvalue weighted by atomic mass is 16.2. The average Bonchev–Trinajstić information content (AvgIpc) is 2.44. The Morgan fingerprint density at radius 2 is 1.62 bits per heavy atom. The molecule has 0 radical (unpaired) electrons. The van der Waals surface area contributed by atoms with Gasteiger partial charge in [-0.25, -0.2) is 0 Å². The lowest BCUT2D eigenvalue weighted by Crippen LogP contribution is -2.29. The molecule has 0 atom stereocenters. The van der Waals surface area contributed by atoms with Gasteiger partial charge in [-0.15, -0.1) is 0 Å². The van der Waals surface area contributed by atoms with E-state index < -0.39 is 0 Å². The summed E-state index contributed by atoms with van der Waals surface area (Å²) in [4.78, 5) is 15.6. The Morgan fingerprint density at radius 1 is 1.00 bits per heavy atom. The zero-order valence-corrected chi connectivity index (χ0v) is 9.68. The zero-order chi connectivity index (χ0) is 11.5. The van der Waals surface area contributed by atoms with E-state index >= 15 is 0 Å². The molecule has 0 fully saturated rings. The lowest BCUT2D eigenvalue weighted by atomic mass is 10.1. The molecule has 1 aliphatic rings. The van der Waals surface area contributed by atoms with Gasteiger partial charge in [0.1, 0.15) is 0 Å². The van der Waals surface area contributed by atoms with Gasteiger partial charge in [-0.05, 0) is 5.56 Å². The minimum atomic E-state index is 0.0724. The smallest absolute Gasteiger partial charge is 0.248 e. The summed E-state index contributed by atoms with van der Waals surface area (Å²) in [5, 5.41) is 0. The molecule has 16 heavy (non-hydrogen) atoms. The van der Waals surface area contributed by atoms with Crippen LogP contribution in [0.2, 0.25) is 0 Å². The van der Waals surface area contributed by atoms with Crippen molar-refractivity contribution in [2.24, 2.45) is 0 Å². The van der Waals surface area contributed by atoms with Crippen LogP contribution in [0, 0.1) is 0 Å².